The lowest BCUT2D eigenvalue weighted by Gasteiger charge is -2.04. The van der Waals surface area contributed by atoms with E-state index in [2.05, 4.69) is 26.1 Å². The van der Waals surface area contributed by atoms with Crippen molar-refractivity contribution in [2.45, 2.75) is 13.8 Å². The molecule has 0 atom stereocenters. The summed E-state index contributed by atoms with van der Waals surface area (Å²) in [5, 5.41) is 17.0. The number of carboxylic acid groups (broad SMARTS) is 1. The molecule has 0 unspecified atom stereocenters. The Kier molecular flexibility index (Phi) is 2.97. The van der Waals surface area contributed by atoms with Crippen LogP contribution in [0.15, 0.2) is 22.7 Å². The predicted octanol–water partition coefficient (Wildman–Crippen LogP) is 2.34. The van der Waals surface area contributed by atoms with Crippen LogP contribution in [0.3, 0.4) is 0 Å². The predicted molar refractivity (Wildman–Crippen MR) is 65.5 cm³/mol. The van der Waals surface area contributed by atoms with E-state index in [9.17, 15) is 4.79 Å². The molecule has 0 spiro atoms. The molecule has 0 radical (unpaired) electrons. The average molecular weight is 296 g/mol. The molecule has 0 fully saturated rings. The van der Waals surface area contributed by atoms with Gasteiger partial charge in [-0.1, -0.05) is 15.9 Å². The molecule has 0 saturated carbocycles. The topological polar surface area (TPSA) is 68.0 Å². The van der Waals surface area contributed by atoms with E-state index in [0.717, 1.165) is 15.7 Å². The summed E-state index contributed by atoms with van der Waals surface area (Å²) in [5.41, 5.74) is 2.11. The monoisotopic (exact) mass is 295 g/mol. The lowest BCUT2D eigenvalue weighted by atomic mass is 10.2. The average Bonchev–Trinajstić information content (AvgIpc) is 2.60. The molecule has 1 N–H and O–H groups in total. The second-order valence-electron chi connectivity index (χ2n) is 3.66. The molecule has 1 heterocycles. The number of carbonyl (C=O) groups is 1. The van der Waals surface area contributed by atoms with E-state index in [1.807, 2.05) is 25.1 Å². The van der Waals surface area contributed by atoms with E-state index in [4.69, 9.17) is 5.11 Å². The van der Waals surface area contributed by atoms with Gasteiger partial charge in [-0.3, -0.25) is 0 Å². The fourth-order valence-electron chi connectivity index (χ4n) is 1.53. The number of hydrogen-bond donors (Lipinski definition) is 1. The molecule has 1 aromatic heterocycles. The van der Waals surface area contributed by atoms with Gasteiger partial charge in [0.15, 0.2) is 5.69 Å². The number of carboxylic acids is 1. The number of rotatable bonds is 2. The molecule has 0 aliphatic heterocycles. The summed E-state index contributed by atoms with van der Waals surface area (Å²) in [5.74, 6) is -1.07. The van der Waals surface area contributed by atoms with E-state index in [1.165, 1.54) is 4.80 Å². The van der Waals surface area contributed by atoms with Crippen molar-refractivity contribution >= 4 is 21.9 Å². The molecule has 0 amide bonds. The third-order valence-corrected chi connectivity index (χ3v) is 2.85. The van der Waals surface area contributed by atoms with Crippen LogP contribution in [0.1, 0.15) is 21.7 Å². The number of benzene rings is 1. The summed E-state index contributed by atoms with van der Waals surface area (Å²) < 4.78 is 0.959. The minimum absolute atomic E-state index is 0.0210. The lowest BCUT2D eigenvalue weighted by molar-refractivity contribution is 0.0689. The first-order valence-corrected chi connectivity index (χ1v) is 5.72. The number of aryl methyl sites for hydroxylation is 2. The number of hydrogen-bond acceptors (Lipinski definition) is 3. The summed E-state index contributed by atoms with van der Waals surface area (Å²) in [6, 6.07) is 5.63. The molecular formula is C11H10BrN3O2. The van der Waals surface area contributed by atoms with Crippen molar-refractivity contribution in [3.8, 4) is 5.69 Å². The molecule has 5 nitrogen and oxygen atoms in total. The highest BCUT2D eigenvalue weighted by Crippen LogP contribution is 2.18. The van der Waals surface area contributed by atoms with E-state index < -0.39 is 5.97 Å². The molecule has 88 valence electrons. The van der Waals surface area contributed by atoms with Crippen LogP contribution in [0.25, 0.3) is 5.69 Å². The third kappa shape index (κ3) is 2.21. The molecule has 0 aliphatic rings. The van der Waals surface area contributed by atoms with Gasteiger partial charge in [0.05, 0.1) is 11.4 Å². The van der Waals surface area contributed by atoms with Crippen molar-refractivity contribution in [3.63, 3.8) is 0 Å². The highest BCUT2D eigenvalue weighted by molar-refractivity contribution is 9.10. The SMILES string of the molecule is Cc1cc(Br)ccc1-n1nc(C)c(C(=O)O)n1. The molecule has 0 saturated heterocycles. The first kappa shape index (κ1) is 11.8. The van der Waals surface area contributed by atoms with E-state index in [1.54, 1.807) is 6.92 Å². The van der Waals surface area contributed by atoms with Gasteiger partial charge in [0.25, 0.3) is 0 Å². The quantitative estimate of drug-likeness (QED) is 0.923. The first-order valence-electron chi connectivity index (χ1n) is 4.93. The van der Waals surface area contributed by atoms with Crippen LogP contribution in [-0.2, 0) is 0 Å². The Bertz CT molecular complexity index is 592. The maximum absolute atomic E-state index is 10.9. The molecular weight excluding hydrogens is 286 g/mol. The lowest BCUT2D eigenvalue weighted by Crippen LogP contribution is -2.03. The highest BCUT2D eigenvalue weighted by atomic mass is 79.9. The van der Waals surface area contributed by atoms with Crippen LogP contribution in [0, 0.1) is 13.8 Å². The zero-order valence-corrected chi connectivity index (χ0v) is 10.9. The number of nitrogens with zero attached hydrogens (tertiary/aromatic N) is 3. The van der Waals surface area contributed by atoms with Crippen molar-refractivity contribution in [2.24, 2.45) is 0 Å². The van der Waals surface area contributed by atoms with Gasteiger partial charge in [-0.25, -0.2) is 4.79 Å². The smallest absolute Gasteiger partial charge is 0.358 e. The first-order chi connectivity index (χ1) is 7.99. The summed E-state index contributed by atoms with van der Waals surface area (Å²) in [7, 11) is 0. The van der Waals surface area contributed by atoms with Crippen molar-refractivity contribution in [1.82, 2.24) is 15.0 Å². The van der Waals surface area contributed by atoms with Gasteiger partial charge in [-0.05, 0) is 37.6 Å². The van der Waals surface area contributed by atoms with Crippen LogP contribution >= 0.6 is 15.9 Å². The zero-order chi connectivity index (χ0) is 12.6. The fraction of sp³-hybridized carbons (Fsp3) is 0.182. The summed E-state index contributed by atoms with van der Waals surface area (Å²) >= 11 is 3.37. The van der Waals surface area contributed by atoms with E-state index in [0.29, 0.717) is 5.69 Å². The van der Waals surface area contributed by atoms with Crippen molar-refractivity contribution in [3.05, 3.63) is 39.6 Å². The molecule has 17 heavy (non-hydrogen) atoms. The van der Waals surface area contributed by atoms with Gasteiger partial charge < -0.3 is 5.11 Å². The highest BCUT2D eigenvalue weighted by Gasteiger charge is 2.15. The largest absolute Gasteiger partial charge is 0.476 e. The van der Waals surface area contributed by atoms with Crippen molar-refractivity contribution < 1.29 is 9.90 Å². The van der Waals surface area contributed by atoms with Crippen LogP contribution in [0.4, 0.5) is 0 Å². The van der Waals surface area contributed by atoms with Crippen LogP contribution < -0.4 is 0 Å². The molecule has 0 bridgehead atoms. The van der Waals surface area contributed by atoms with Gasteiger partial charge >= 0.3 is 5.97 Å². The minimum Gasteiger partial charge on any atom is -0.476 e. The fourth-order valence-corrected chi connectivity index (χ4v) is 2.00. The molecule has 6 heteroatoms. The standard InChI is InChI=1S/C11H10BrN3O2/c1-6-5-8(12)3-4-9(6)15-13-7(2)10(14-15)11(16)17/h3-5H,1-2H3,(H,16,17). The summed E-state index contributed by atoms with van der Waals surface area (Å²) in [6.45, 7) is 3.54. The zero-order valence-electron chi connectivity index (χ0n) is 9.31. The minimum atomic E-state index is -1.07. The Morgan fingerprint density at radius 3 is 2.59 bits per heavy atom. The third-order valence-electron chi connectivity index (χ3n) is 2.36. The van der Waals surface area contributed by atoms with Gasteiger partial charge in [0.2, 0.25) is 0 Å². The number of aromatic nitrogens is 3. The van der Waals surface area contributed by atoms with Crippen LogP contribution in [-0.4, -0.2) is 26.1 Å². The Morgan fingerprint density at radius 2 is 2.06 bits per heavy atom. The molecule has 2 rings (SSSR count). The van der Waals surface area contributed by atoms with Gasteiger partial charge in [-0.2, -0.15) is 9.90 Å². The molecule has 1 aromatic carbocycles. The van der Waals surface area contributed by atoms with Crippen molar-refractivity contribution in [2.75, 3.05) is 0 Å². The second kappa shape index (κ2) is 4.29. The van der Waals surface area contributed by atoms with Gasteiger partial charge in [0.1, 0.15) is 0 Å². The molecule has 2 aromatic rings. The van der Waals surface area contributed by atoms with E-state index >= 15 is 0 Å². The Balaban J connectivity index is 2.53. The maximum Gasteiger partial charge on any atom is 0.358 e. The number of aromatic carboxylic acids is 1. The maximum atomic E-state index is 10.9. The summed E-state index contributed by atoms with van der Waals surface area (Å²) in [4.78, 5) is 12.2. The Hall–Kier alpha value is -1.69. The van der Waals surface area contributed by atoms with Crippen LogP contribution in [0.2, 0.25) is 0 Å². The van der Waals surface area contributed by atoms with E-state index in [-0.39, 0.29) is 5.69 Å². The second-order valence-corrected chi connectivity index (χ2v) is 4.58. The normalized spacial score (nSPS) is 10.5. The number of halogens is 1. The Morgan fingerprint density at radius 1 is 1.35 bits per heavy atom. The van der Waals surface area contributed by atoms with Crippen molar-refractivity contribution in [1.29, 1.82) is 0 Å². The molecule has 0 aliphatic carbocycles. The Labute approximate surface area is 106 Å². The van der Waals surface area contributed by atoms with Gasteiger partial charge in [0, 0.05) is 4.47 Å². The summed E-state index contributed by atoms with van der Waals surface area (Å²) in [6.07, 6.45) is 0. The van der Waals surface area contributed by atoms with Crippen LogP contribution in [0.5, 0.6) is 0 Å². The van der Waals surface area contributed by atoms with Gasteiger partial charge in [-0.15, -0.1) is 5.10 Å².